The van der Waals surface area contributed by atoms with E-state index in [1.54, 1.807) is 6.20 Å². The van der Waals surface area contributed by atoms with Crippen molar-refractivity contribution in [3.05, 3.63) is 52.3 Å². The molecule has 1 N–H and O–H groups in total. The molecular formula is C18H22BrN3O. The van der Waals surface area contributed by atoms with Crippen molar-refractivity contribution >= 4 is 33.2 Å². The highest BCUT2D eigenvalue weighted by Crippen LogP contribution is 2.24. The normalized spacial score (nSPS) is 10.4. The number of anilines is 2. The zero-order chi connectivity index (χ0) is 16.8. The number of unbranched alkanes of at least 4 members (excludes halogenated alkanes) is 1. The van der Waals surface area contributed by atoms with Gasteiger partial charge in [-0.05, 0) is 59.1 Å². The smallest absolute Gasteiger partial charge is 0.274 e. The molecule has 1 aromatic heterocycles. The fraction of sp³-hybridized carbons (Fsp3) is 0.333. The van der Waals surface area contributed by atoms with Gasteiger partial charge in [-0.3, -0.25) is 9.78 Å². The van der Waals surface area contributed by atoms with Crippen LogP contribution < -0.4 is 10.2 Å². The second-order valence-electron chi connectivity index (χ2n) is 5.61. The number of nitrogens with one attached hydrogen (secondary N) is 1. The molecule has 0 atom stereocenters. The summed E-state index contributed by atoms with van der Waals surface area (Å²) in [6.45, 7) is 5.14. The van der Waals surface area contributed by atoms with Gasteiger partial charge in [0.1, 0.15) is 5.69 Å². The summed E-state index contributed by atoms with van der Waals surface area (Å²) in [5.41, 5.74) is 3.29. The third-order valence-corrected chi connectivity index (χ3v) is 4.29. The number of halogens is 1. The first kappa shape index (κ1) is 17.5. The van der Waals surface area contributed by atoms with E-state index in [2.05, 4.69) is 38.1 Å². The van der Waals surface area contributed by atoms with Gasteiger partial charge in [0.15, 0.2) is 0 Å². The van der Waals surface area contributed by atoms with E-state index in [1.807, 2.05) is 44.3 Å². The molecule has 1 heterocycles. The van der Waals surface area contributed by atoms with Crippen LogP contribution in [0.4, 0.5) is 11.4 Å². The second kappa shape index (κ2) is 8.11. The maximum Gasteiger partial charge on any atom is 0.274 e. The summed E-state index contributed by atoms with van der Waals surface area (Å²) in [5, 5.41) is 2.90. The Morgan fingerprint density at radius 1 is 1.30 bits per heavy atom. The molecule has 0 fully saturated rings. The Bertz CT molecular complexity index is 688. The molecule has 0 aliphatic rings. The highest BCUT2D eigenvalue weighted by molar-refractivity contribution is 9.10. The molecule has 0 unspecified atom stereocenters. The van der Waals surface area contributed by atoms with Crippen molar-refractivity contribution in [2.75, 3.05) is 23.8 Å². The van der Waals surface area contributed by atoms with E-state index >= 15 is 0 Å². The molecule has 0 radical (unpaired) electrons. The van der Waals surface area contributed by atoms with Gasteiger partial charge in [-0.25, -0.2) is 0 Å². The van der Waals surface area contributed by atoms with Gasteiger partial charge < -0.3 is 10.2 Å². The Hall–Kier alpha value is -1.88. The standard InChI is InChI=1S/C18H22BrN3O/c1-4-5-10-22(3)14-8-9-20-17(12-14)18(23)21-16-7-6-13(2)11-15(16)19/h6-9,11-12H,4-5,10H2,1-3H3,(H,21,23). The Labute approximate surface area is 146 Å². The summed E-state index contributed by atoms with van der Waals surface area (Å²) in [5.74, 6) is -0.208. The minimum Gasteiger partial charge on any atom is -0.374 e. The summed E-state index contributed by atoms with van der Waals surface area (Å²) >= 11 is 3.47. The lowest BCUT2D eigenvalue weighted by Gasteiger charge is -2.19. The van der Waals surface area contributed by atoms with Gasteiger partial charge in [-0.15, -0.1) is 0 Å². The quantitative estimate of drug-likeness (QED) is 0.799. The molecule has 5 heteroatoms. The number of pyridine rings is 1. The molecule has 2 aromatic rings. The molecule has 122 valence electrons. The lowest BCUT2D eigenvalue weighted by atomic mass is 10.2. The average molecular weight is 376 g/mol. The third kappa shape index (κ3) is 4.79. The lowest BCUT2D eigenvalue weighted by molar-refractivity contribution is 0.102. The Morgan fingerprint density at radius 2 is 2.09 bits per heavy atom. The van der Waals surface area contributed by atoms with Crippen molar-refractivity contribution in [3.63, 3.8) is 0 Å². The number of rotatable bonds is 6. The highest BCUT2D eigenvalue weighted by Gasteiger charge is 2.11. The lowest BCUT2D eigenvalue weighted by Crippen LogP contribution is -2.20. The van der Waals surface area contributed by atoms with E-state index in [0.29, 0.717) is 5.69 Å². The number of aryl methyl sites for hydroxylation is 1. The molecule has 4 nitrogen and oxygen atoms in total. The summed E-state index contributed by atoms with van der Waals surface area (Å²) in [6.07, 6.45) is 3.94. The van der Waals surface area contributed by atoms with E-state index < -0.39 is 0 Å². The van der Waals surface area contributed by atoms with Gasteiger partial charge in [0.2, 0.25) is 0 Å². The van der Waals surface area contributed by atoms with Crippen LogP contribution in [0, 0.1) is 6.92 Å². The Balaban J connectivity index is 2.13. The van der Waals surface area contributed by atoms with Crippen LogP contribution in [-0.2, 0) is 0 Å². The van der Waals surface area contributed by atoms with E-state index in [-0.39, 0.29) is 5.91 Å². The van der Waals surface area contributed by atoms with Gasteiger partial charge in [-0.2, -0.15) is 0 Å². The number of hydrogen-bond donors (Lipinski definition) is 1. The number of benzene rings is 1. The van der Waals surface area contributed by atoms with Crippen LogP contribution in [0.5, 0.6) is 0 Å². The van der Waals surface area contributed by atoms with Gasteiger partial charge in [0.25, 0.3) is 5.91 Å². The average Bonchev–Trinajstić information content (AvgIpc) is 2.55. The topological polar surface area (TPSA) is 45.2 Å². The van der Waals surface area contributed by atoms with Gasteiger partial charge in [-0.1, -0.05) is 19.4 Å². The summed E-state index contributed by atoms with van der Waals surface area (Å²) in [7, 11) is 2.03. The zero-order valence-corrected chi connectivity index (χ0v) is 15.4. The number of hydrogen-bond acceptors (Lipinski definition) is 3. The van der Waals surface area contributed by atoms with E-state index in [1.165, 1.54) is 0 Å². The largest absolute Gasteiger partial charge is 0.374 e. The van der Waals surface area contributed by atoms with Gasteiger partial charge in [0.05, 0.1) is 5.69 Å². The molecule has 1 aromatic carbocycles. The third-order valence-electron chi connectivity index (χ3n) is 3.64. The van der Waals surface area contributed by atoms with Crippen molar-refractivity contribution in [2.24, 2.45) is 0 Å². The fourth-order valence-corrected chi connectivity index (χ4v) is 2.81. The van der Waals surface area contributed by atoms with Crippen molar-refractivity contribution in [1.82, 2.24) is 4.98 Å². The van der Waals surface area contributed by atoms with Gasteiger partial charge >= 0.3 is 0 Å². The molecular weight excluding hydrogens is 354 g/mol. The maximum atomic E-state index is 12.4. The van der Waals surface area contributed by atoms with E-state index in [9.17, 15) is 4.79 Å². The van der Waals surface area contributed by atoms with E-state index in [0.717, 1.165) is 40.8 Å². The van der Waals surface area contributed by atoms with Crippen molar-refractivity contribution < 1.29 is 4.79 Å². The molecule has 23 heavy (non-hydrogen) atoms. The SMILES string of the molecule is CCCCN(C)c1ccnc(C(=O)Nc2ccc(C)cc2Br)c1. The first-order valence-corrected chi connectivity index (χ1v) is 8.55. The number of carbonyl (C=O) groups is 1. The summed E-state index contributed by atoms with van der Waals surface area (Å²) in [6, 6.07) is 9.57. The zero-order valence-electron chi connectivity index (χ0n) is 13.8. The minimum absolute atomic E-state index is 0.208. The Morgan fingerprint density at radius 3 is 2.78 bits per heavy atom. The predicted molar refractivity (Wildman–Crippen MR) is 99.2 cm³/mol. The predicted octanol–water partition coefficient (Wildman–Crippen LogP) is 4.64. The Kier molecular flexibility index (Phi) is 6.16. The van der Waals surface area contributed by atoms with Crippen LogP contribution >= 0.6 is 15.9 Å². The number of aromatic nitrogens is 1. The molecule has 2 rings (SSSR count). The number of carbonyl (C=O) groups excluding carboxylic acids is 1. The molecule has 0 aliphatic heterocycles. The molecule has 0 spiro atoms. The summed E-state index contributed by atoms with van der Waals surface area (Å²) < 4.78 is 0.863. The maximum absolute atomic E-state index is 12.4. The molecule has 0 bridgehead atoms. The van der Waals surface area contributed by atoms with Crippen LogP contribution in [0.15, 0.2) is 41.0 Å². The minimum atomic E-state index is -0.208. The van der Waals surface area contributed by atoms with Crippen LogP contribution in [0.3, 0.4) is 0 Å². The molecule has 0 saturated carbocycles. The first-order valence-electron chi connectivity index (χ1n) is 7.76. The molecule has 0 aliphatic carbocycles. The number of nitrogens with zero attached hydrogens (tertiary/aromatic N) is 2. The fourth-order valence-electron chi connectivity index (χ4n) is 2.21. The number of amides is 1. The monoisotopic (exact) mass is 375 g/mol. The second-order valence-corrected chi connectivity index (χ2v) is 6.47. The molecule has 0 saturated heterocycles. The first-order chi connectivity index (χ1) is 11.0. The van der Waals surface area contributed by atoms with Crippen LogP contribution in [-0.4, -0.2) is 24.5 Å². The van der Waals surface area contributed by atoms with Crippen LogP contribution in [0.1, 0.15) is 35.8 Å². The van der Waals surface area contributed by atoms with Gasteiger partial charge in [0, 0.05) is 29.9 Å². The van der Waals surface area contributed by atoms with Crippen molar-refractivity contribution in [2.45, 2.75) is 26.7 Å². The van der Waals surface area contributed by atoms with E-state index in [4.69, 9.17) is 0 Å². The highest BCUT2D eigenvalue weighted by atomic mass is 79.9. The summed E-state index contributed by atoms with van der Waals surface area (Å²) in [4.78, 5) is 18.8. The van der Waals surface area contributed by atoms with Crippen LogP contribution in [0.2, 0.25) is 0 Å². The van der Waals surface area contributed by atoms with Crippen molar-refractivity contribution in [1.29, 1.82) is 0 Å². The molecule has 1 amide bonds. The van der Waals surface area contributed by atoms with Crippen molar-refractivity contribution in [3.8, 4) is 0 Å². The van der Waals surface area contributed by atoms with Crippen LogP contribution in [0.25, 0.3) is 0 Å².